The SMILES string of the molecule is CCCCCCC[C@H]1CC[C@H]([C@H]2CC[C@H]([C@H]3CC[C@H](OC(=O)CCC)CC3)CC2)CC1. The molecule has 0 bridgehead atoms. The Morgan fingerprint density at radius 3 is 1.61 bits per heavy atom. The molecule has 3 fully saturated rings. The van der Waals surface area contributed by atoms with Crippen molar-refractivity contribution in [2.24, 2.45) is 29.6 Å². The standard InChI is InChI=1S/C29H52O2/c1-3-5-6-7-8-10-23-11-13-24(14-12-23)25-15-17-26(18-16-25)27-19-21-28(22-20-27)31-29(30)9-4-2/h23-28H,3-22H2,1-2H3/t23-,24-,25-,26-,27-,28-. The van der Waals surface area contributed by atoms with Gasteiger partial charge >= 0.3 is 5.97 Å². The van der Waals surface area contributed by atoms with Crippen molar-refractivity contribution in [3.05, 3.63) is 0 Å². The van der Waals surface area contributed by atoms with Gasteiger partial charge in [-0.3, -0.25) is 4.79 Å². The Morgan fingerprint density at radius 2 is 1.10 bits per heavy atom. The fourth-order valence-corrected chi connectivity index (χ4v) is 7.20. The molecular weight excluding hydrogens is 380 g/mol. The van der Waals surface area contributed by atoms with Gasteiger partial charge in [-0.15, -0.1) is 0 Å². The van der Waals surface area contributed by atoms with Crippen molar-refractivity contribution in [2.75, 3.05) is 0 Å². The largest absolute Gasteiger partial charge is 0.462 e. The summed E-state index contributed by atoms with van der Waals surface area (Å²) in [4.78, 5) is 11.8. The minimum Gasteiger partial charge on any atom is -0.462 e. The van der Waals surface area contributed by atoms with E-state index in [4.69, 9.17) is 4.74 Å². The van der Waals surface area contributed by atoms with Crippen LogP contribution in [0.5, 0.6) is 0 Å². The van der Waals surface area contributed by atoms with E-state index in [2.05, 4.69) is 13.8 Å². The van der Waals surface area contributed by atoms with E-state index in [-0.39, 0.29) is 12.1 Å². The van der Waals surface area contributed by atoms with E-state index in [1.165, 1.54) is 103 Å². The third kappa shape index (κ3) is 8.39. The summed E-state index contributed by atoms with van der Waals surface area (Å²) < 4.78 is 5.68. The number of esters is 1. The molecule has 0 aromatic rings. The Hall–Kier alpha value is -0.530. The second kappa shape index (κ2) is 13.9. The van der Waals surface area contributed by atoms with Gasteiger partial charge in [0.15, 0.2) is 0 Å². The van der Waals surface area contributed by atoms with Gasteiger partial charge in [0, 0.05) is 6.42 Å². The lowest BCUT2D eigenvalue weighted by Crippen LogP contribution is -2.31. The highest BCUT2D eigenvalue weighted by atomic mass is 16.5. The molecule has 0 aliphatic heterocycles. The Kier molecular flexibility index (Phi) is 11.2. The highest BCUT2D eigenvalue weighted by molar-refractivity contribution is 5.69. The maximum atomic E-state index is 11.8. The zero-order valence-corrected chi connectivity index (χ0v) is 20.9. The molecule has 0 spiro atoms. The molecule has 0 atom stereocenters. The first-order valence-electron chi connectivity index (χ1n) is 14.4. The van der Waals surface area contributed by atoms with Gasteiger partial charge in [0.05, 0.1) is 0 Å². The molecule has 0 heterocycles. The molecular formula is C29H52O2. The number of ether oxygens (including phenoxy) is 1. The maximum Gasteiger partial charge on any atom is 0.306 e. The molecule has 180 valence electrons. The van der Waals surface area contributed by atoms with Crippen LogP contribution in [0.3, 0.4) is 0 Å². The predicted octanol–water partition coefficient (Wildman–Crippen LogP) is 8.86. The van der Waals surface area contributed by atoms with Crippen molar-refractivity contribution >= 4 is 5.97 Å². The van der Waals surface area contributed by atoms with Crippen LogP contribution in [-0.4, -0.2) is 12.1 Å². The first-order chi connectivity index (χ1) is 15.2. The summed E-state index contributed by atoms with van der Waals surface area (Å²) in [6.45, 7) is 4.36. The molecule has 0 amide bonds. The highest BCUT2D eigenvalue weighted by Gasteiger charge is 2.35. The number of hydrogen-bond donors (Lipinski definition) is 0. The van der Waals surface area contributed by atoms with Crippen LogP contribution in [0, 0.1) is 29.6 Å². The van der Waals surface area contributed by atoms with Crippen LogP contribution >= 0.6 is 0 Å². The van der Waals surface area contributed by atoms with E-state index in [0.717, 1.165) is 48.9 Å². The quantitative estimate of drug-likeness (QED) is 0.241. The number of carbonyl (C=O) groups is 1. The first kappa shape index (κ1) is 25.1. The molecule has 0 radical (unpaired) electrons. The molecule has 0 N–H and O–H groups in total. The summed E-state index contributed by atoms with van der Waals surface area (Å²) in [5, 5.41) is 0. The Balaban J connectivity index is 1.27. The van der Waals surface area contributed by atoms with E-state index in [9.17, 15) is 4.79 Å². The smallest absolute Gasteiger partial charge is 0.306 e. The molecule has 3 saturated carbocycles. The Bertz CT molecular complexity index is 477. The zero-order valence-electron chi connectivity index (χ0n) is 20.9. The molecule has 0 aromatic heterocycles. The monoisotopic (exact) mass is 432 g/mol. The van der Waals surface area contributed by atoms with Crippen LogP contribution in [0.15, 0.2) is 0 Å². The predicted molar refractivity (Wildman–Crippen MR) is 131 cm³/mol. The van der Waals surface area contributed by atoms with E-state index < -0.39 is 0 Å². The molecule has 0 unspecified atom stereocenters. The van der Waals surface area contributed by atoms with Gasteiger partial charge in [0.2, 0.25) is 0 Å². The van der Waals surface area contributed by atoms with Gasteiger partial charge in [-0.1, -0.05) is 65.2 Å². The summed E-state index contributed by atoms with van der Waals surface area (Å²) in [5.41, 5.74) is 0. The van der Waals surface area contributed by atoms with E-state index >= 15 is 0 Å². The van der Waals surface area contributed by atoms with Crippen molar-refractivity contribution in [3.8, 4) is 0 Å². The van der Waals surface area contributed by atoms with Crippen LogP contribution in [0.25, 0.3) is 0 Å². The Morgan fingerprint density at radius 1 is 0.613 bits per heavy atom. The van der Waals surface area contributed by atoms with E-state index in [1.54, 1.807) is 0 Å². The third-order valence-electron chi connectivity index (χ3n) is 9.23. The third-order valence-corrected chi connectivity index (χ3v) is 9.23. The van der Waals surface area contributed by atoms with Crippen LogP contribution in [0.1, 0.15) is 142 Å². The highest BCUT2D eigenvalue weighted by Crippen LogP contribution is 2.46. The fraction of sp³-hybridized carbons (Fsp3) is 0.966. The number of unbranched alkanes of at least 4 members (excludes halogenated alkanes) is 4. The molecule has 0 saturated heterocycles. The summed E-state index contributed by atoms with van der Waals surface area (Å²) >= 11 is 0. The summed E-state index contributed by atoms with van der Waals surface area (Å²) in [6.07, 6.45) is 27.3. The van der Waals surface area contributed by atoms with Gasteiger partial charge in [-0.05, 0) is 100 Å². The average Bonchev–Trinajstić information content (AvgIpc) is 2.80. The summed E-state index contributed by atoms with van der Waals surface area (Å²) in [7, 11) is 0. The van der Waals surface area contributed by atoms with Crippen LogP contribution < -0.4 is 0 Å². The normalized spacial score (nSPS) is 34.4. The number of carbonyl (C=O) groups excluding carboxylic acids is 1. The van der Waals surface area contributed by atoms with Gasteiger partial charge in [0.25, 0.3) is 0 Å². The van der Waals surface area contributed by atoms with Crippen molar-refractivity contribution < 1.29 is 9.53 Å². The van der Waals surface area contributed by atoms with Crippen molar-refractivity contribution in [3.63, 3.8) is 0 Å². The summed E-state index contributed by atoms with van der Waals surface area (Å²) in [6, 6.07) is 0. The van der Waals surface area contributed by atoms with E-state index in [1.807, 2.05) is 0 Å². The molecule has 3 aliphatic carbocycles. The van der Waals surface area contributed by atoms with Crippen molar-refractivity contribution in [1.29, 1.82) is 0 Å². The molecule has 2 heteroatoms. The Labute approximate surface area is 193 Å². The van der Waals surface area contributed by atoms with Crippen molar-refractivity contribution in [2.45, 2.75) is 148 Å². The minimum absolute atomic E-state index is 0.0256. The molecule has 0 aromatic carbocycles. The lowest BCUT2D eigenvalue weighted by Gasteiger charge is -2.41. The molecule has 2 nitrogen and oxygen atoms in total. The lowest BCUT2D eigenvalue weighted by molar-refractivity contribution is -0.151. The second-order valence-electron chi connectivity index (χ2n) is 11.4. The zero-order chi connectivity index (χ0) is 21.9. The topological polar surface area (TPSA) is 26.3 Å². The van der Waals surface area contributed by atoms with Crippen molar-refractivity contribution in [1.82, 2.24) is 0 Å². The first-order valence-corrected chi connectivity index (χ1v) is 14.4. The number of rotatable bonds is 11. The maximum absolute atomic E-state index is 11.8. The minimum atomic E-state index is 0.0256. The average molecular weight is 433 g/mol. The fourth-order valence-electron chi connectivity index (χ4n) is 7.20. The van der Waals surface area contributed by atoms with Crippen LogP contribution in [0.2, 0.25) is 0 Å². The second-order valence-corrected chi connectivity index (χ2v) is 11.4. The van der Waals surface area contributed by atoms with Crippen LogP contribution in [0.4, 0.5) is 0 Å². The molecule has 31 heavy (non-hydrogen) atoms. The van der Waals surface area contributed by atoms with Gasteiger partial charge in [-0.25, -0.2) is 0 Å². The van der Waals surface area contributed by atoms with Gasteiger partial charge in [-0.2, -0.15) is 0 Å². The lowest BCUT2D eigenvalue weighted by atomic mass is 9.65. The summed E-state index contributed by atoms with van der Waals surface area (Å²) in [5.74, 6) is 5.03. The number of hydrogen-bond acceptors (Lipinski definition) is 2. The molecule has 3 aliphatic rings. The van der Waals surface area contributed by atoms with Gasteiger partial charge in [0.1, 0.15) is 6.10 Å². The van der Waals surface area contributed by atoms with E-state index in [0.29, 0.717) is 6.42 Å². The molecule has 3 rings (SSSR count). The van der Waals surface area contributed by atoms with Crippen LogP contribution in [-0.2, 0) is 9.53 Å². The van der Waals surface area contributed by atoms with Gasteiger partial charge < -0.3 is 4.74 Å².